The Labute approximate surface area is 136 Å². The number of hydrogen-bond donors (Lipinski definition) is 1. The van der Waals surface area contributed by atoms with Crippen molar-refractivity contribution in [2.24, 2.45) is 0 Å². The van der Waals surface area contributed by atoms with Crippen molar-refractivity contribution in [3.63, 3.8) is 0 Å². The average Bonchev–Trinajstić information content (AvgIpc) is 3.19. The molecule has 1 saturated carbocycles. The lowest BCUT2D eigenvalue weighted by Gasteiger charge is -2.37. The summed E-state index contributed by atoms with van der Waals surface area (Å²) in [6.07, 6.45) is 3.87. The van der Waals surface area contributed by atoms with Gasteiger partial charge < -0.3 is 10.2 Å². The van der Waals surface area contributed by atoms with E-state index < -0.39 is 0 Å². The van der Waals surface area contributed by atoms with Crippen LogP contribution in [0.25, 0.3) is 0 Å². The molecule has 3 nitrogen and oxygen atoms in total. The maximum Gasteiger partial charge on any atom is 0.185 e. The molecule has 1 saturated heterocycles. The van der Waals surface area contributed by atoms with Crippen molar-refractivity contribution in [2.45, 2.75) is 57.2 Å². The monoisotopic (exact) mass is 325 g/mol. The Hall–Kier alpha value is -0.260. The van der Waals surface area contributed by atoms with Crippen LogP contribution in [0.5, 0.6) is 0 Å². The summed E-state index contributed by atoms with van der Waals surface area (Å²) in [7, 11) is 0. The van der Waals surface area contributed by atoms with Gasteiger partial charge in [-0.05, 0) is 39.7 Å². The van der Waals surface area contributed by atoms with Gasteiger partial charge in [0.05, 0.1) is 5.69 Å². The van der Waals surface area contributed by atoms with Crippen LogP contribution in [0.4, 0.5) is 5.13 Å². The van der Waals surface area contributed by atoms with Gasteiger partial charge in [0.2, 0.25) is 0 Å². The van der Waals surface area contributed by atoms with E-state index in [4.69, 9.17) is 4.98 Å². The minimum absolute atomic E-state index is 0.351. The van der Waals surface area contributed by atoms with Crippen molar-refractivity contribution in [3.05, 3.63) is 10.6 Å². The van der Waals surface area contributed by atoms with Crippen molar-refractivity contribution < 1.29 is 0 Å². The second-order valence-electron chi connectivity index (χ2n) is 6.79. The molecule has 1 aliphatic carbocycles. The normalized spacial score (nSPS) is 21.8. The first-order chi connectivity index (χ1) is 10.1. The first kappa shape index (κ1) is 15.6. The van der Waals surface area contributed by atoms with Crippen LogP contribution in [-0.4, -0.2) is 35.1 Å². The van der Waals surface area contributed by atoms with Crippen molar-refractivity contribution in [3.8, 4) is 0 Å². The topological polar surface area (TPSA) is 28.2 Å². The summed E-state index contributed by atoms with van der Waals surface area (Å²) in [6.45, 7) is 11.3. The fraction of sp³-hybridized carbons (Fsp3) is 0.812. The molecule has 21 heavy (non-hydrogen) atoms. The Morgan fingerprint density at radius 2 is 2.19 bits per heavy atom. The number of nitrogens with zero attached hydrogens (tertiary/aromatic N) is 2. The molecule has 1 N–H and O–H groups in total. The number of thiazole rings is 1. The molecule has 1 aromatic rings. The van der Waals surface area contributed by atoms with Gasteiger partial charge >= 0.3 is 0 Å². The molecule has 3 rings (SSSR count). The number of thioether (sulfide) groups is 1. The molecular formula is C16H27N3S2. The van der Waals surface area contributed by atoms with Crippen LogP contribution in [-0.2, 0) is 6.54 Å². The fourth-order valence-corrected chi connectivity index (χ4v) is 5.10. The Bertz CT molecular complexity index is 480. The summed E-state index contributed by atoms with van der Waals surface area (Å²) in [6, 6.07) is 0. The second-order valence-corrected chi connectivity index (χ2v) is 9.65. The maximum atomic E-state index is 5.04. The van der Waals surface area contributed by atoms with Crippen LogP contribution in [0.15, 0.2) is 0 Å². The predicted octanol–water partition coefficient (Wildman–Crippen LogP) is 3.85. The van der Waals surface area contributed by atoms with E-state index in [0.29, 0.717) is 4.75 Å². The van der Waals surface area contributed by atoms with Crippen LogP contribution in [0.1, 0.15) is 56.5 Å². The summed E-state index contributed by atoms with van der Waals surface area (Å²) in [5.74, 6) is 1.97. The predicted molar refractivity (Wildman–Crippen MR) is 94.8 cm³/mol. The highest BCUT2D eigenvalue weighted by molar-refractivity contribution is 8.00. The summed E-state index contributed by atoms with van der Waals surface area (Å²) >= 11 is 4.02. The average molecular weight is 326 g/mol. The Morgan fingerprint density at radius 3 is 2.86 bits per heavy atom. The van der Waals surface area contributed by atoms with Crippen LogP contribution in [0.2, 0.25) is 0 Å². The molecule has 2 heterocycles. The van der Waals surface area contributed by atoms with Crippen LogP contribution in [0.3, 0.4) is 0 Å². The standard InChI is InChI=1S/C16H27N3S2/c1-4-7-17-10-13-14(12-5-6-12)18-15(21-13)19-8-9-20-16(2,3)11-19/h12,17H,4-11H2,1-3H3. The maximum absolute atomic E-state index is 5.04. The van der Waals surface area contributed by atoms with Crippen molar-refractivity contribution in [1.29, 1.82) is 0 Å². The van der Waals surface area contributed by atoms with E-state index in [1.165, 1.54) is 40.7 Å². The quantitative estimate of drug-likeness (QED) is 0.804. The van der Waals surface area contributed by atoms with E-state index in [2.05, 4.69) is 42.7 Å². The van der Waals surface area contributed by atoms with Crippen LogP contribution < -0.4 is 10.2 Å². The summed E-state index contributed by atoms with van der Waals surface area (Å²) in [5.41, 5.74) is 1.40. The van der Waals surface area contributed by atoms with E-state index >= 15 is 0 Å². The molecule has 118 valence electrons. The summed E-state index contributed by atoms with van der Waals surface area (Å²) in [5, 5.41) is 4.82. The number of aromatic nitrogens is 1. The summed E-state index contributed by atoms with van der Waals surface area (Å²) < 4.78 is 0.351. The molecule has 0 amide bonds. The molecule has 0 radical (unpaired) electrons. The van der Waals surface area contributed by atoms with E-state index in [0.717, 1.165) is 32.1 Å². The van der Waals surface area contributed by atoms with Crippen molar-refractivity contribution in [2.75, 3.05) is 30.3 Å². The van der Waals surface area contributed by atoms with Gasteiger partial charge in [-0.3, -0.25) is 0 Å². The Kier molecular flexibility index (Phi) is 4.81. The third kappa shape index (κ3) is 3.93. The first-order valence-corrected chi connectivity index (χ1v) is 9.98. The molecule has 1 aliphatic heterocycles. The van der Waals surface area contributed by atoms with Crippen molar-refractivity contribution >= 4 is 28.2 Å². The molecule has 2 fully saturated rings. The molecule has 0 aromatic carbocycles. The van der Waals surface area contributed by atoms with Gasteiger partial charge in [0, 0.05) is 40.9 Å². The number of hydrogen-bond acceptors (Lipinski definition) is 5. The molecular weight excluding hydrogens is 298 g/mol. The molecule has 0 spiro atoms. The minimum atomic E-state index is 0.351. The first-order valence-electron chi connectivity index (χ1n) is 8.18. The second kappa shape index (κ2) is 6.47. The van der Waals surface area contributed by atoms with Crippen LogP contribution >= 0.6 is 23.1 Å². The van der Waals surface area contributed by atoms with Crippen LogP contribution in [0, 0.1) is 0 Å². The lowest BCUT2D eigenvalue weighted by molar-refractivity contribution is 0.645. The molecule has 2 aliphatic rings. The Balaban J connectivity index is 1.74. The Morgan fingerprint density at radius 1 is 1.38 bits per heavy atom. The molecule has 5 heteroatoms. The van der Waals surface area contributed by atoms with Gasteiger partial charge in [0.25, 0.3) is 0 Å². The van der Waals surface area contributed by atoms with Crippen molar-refractivity contribution in [1.82, 2.24) is 10.3 Å². The molecule has 1 aromatic heterocycles. The number of rotatable bonds is 6. The highest BCUT2D eigenvalue weighted by Gasteiger charge is 2.33. The van der Waals surface area contributed by atoms with Gasteiger partial charge in [-0.15, -0.1) is 11.3 Å². The molecule has 0 unspecified atom stereocenters. The fourth-order valence-electron chi connectivity index (χ4n) is 2.85. The zero-order chi connectivity index (χ0) is 14.9. The van der Waals surface area contributed by atoms with Gasteiger partial charge in [-0.25, -0.2) is 4.98 Å². The third-order valence-electron chi connectivity index (χ3n) is 4.09. The molecule has 0 bridgehead atoms. The van der Waals surface area contributed by atoms with E-state index in [-0.39, 0.29) is 0 Å². The molecule has 0 atom stereocenters. The lowest BCUT2D eigenvalue weighted by Crippen LogP contribution is -2.43. The van der Waals surface area contributed by atoms with E-state index in [1.54, 1.807) is 0 Å². The van der Waals surface area contributed by atoms with Gasteiger partial charge in [-0.1, -0.05) is 6.92 Å². The lowest BCUT2D eigenvalue weighted by atomic mass is 10.2. The summed E-state index contributed by atoms with van der Waals surface area (Å²) in [4.78, 5) is 9.03. The van der Waals surface area contributed by atoms with Gasteiger partial charge in [-0.2, -0.15) is 11.8 Å². The van der Waals surface area contributed by atoms with E-state index in [1.807, 2.05) is 11.3 Å². The SMILES string of the molecule is CCCNCc1sc(N2CCSC(C)(C)C2)nc1C1CC1. The van der Waals surface area contributed by atoms with E-state index in [9.17, 15) is 0 Å². The number of nitrogens with one attached hydrogen (secondary N) is 1. The largest absolute Gasteiger partial charge is 0.346 e. The van der Waals surface area contributed by atoms with Gasteiger partial charge in [0.15, 0.2) is 5.13 Å². The zero-order valence-corrected chi connectivity index (χ0v) is 15.1. The zero-order valence-electron chi connectivity index (χ0n) is 13.4. The van der Waals surface area contributed by atoms with Gasteiger partial charge in [0.1, 0.15) is 0 Å². The smallest absolute Gasteiger partial charge is 0.185 e. The highest BCUT2D eigenvalue weighted by atomic mass is 32.2. The number of anilines is 1. The minimum Gasteiger partial charge on any atom is -0.346 e. The third-order valence-corrected chi connectivity index (χ3v) is 6.52. The highest BCUT2D eigenvalue weighted by Crippen LogP contribution is 2.45.